The van der Waals surface area contributed by atoms with Gasteiger partial charge in [-0.2, -0.15) is 0 Å². The molecule has 1 aliphatic rings. The van der Waals surface area contributed by atoms with Crippen LogP contribution in [0.3, 0.4) is 0 Å². The molecule has 0 heterocycles. The smallest absolute Gasteiger partial charge is 0.317 e. The number of allylic oxidation sites excluding steroid dienone is 2. The number of carbonyl (C=O) groups excluding carboxylic acids is 2. The highest BCUT2D eigenvalue weighted by Gasteiger charge is 2.40. The summed E-state index contributed by atoms with van der Waals surface area (Å²) in [7, 11) is 3.08. The van der Waals surface area contributed by atoms with Crippen LogP contribution in [0.5, 0.6) is 11.5 Å². The maximum absolute atomic E-state index is 14.6. The SMILES string of the molecule is CCOC(=O)[C@H]1C(=O)C=C(c2cc(OC)cc(OC)c2)C[C@@H]1c1ccccc1F. The number of methoxy groups -OCH3 is 2. The highest BCUT2D eigenvalue weighted by atomic mass is 19.1. The van der Waals surface area contributed by atoms with E-state index >= 15 is 0 Å². The third-order valence-electron chi connectivity index (χ3n) is 5.03. The Bertz CT molecular complexity index is 928. The molecule has 0 unspecified atom stereocenters. The quantitative estimate of drug-likeness (QED) is 0.540. The molecule has 0 aliphatic heterocycles. The van der Waals surface area contributed by atoms with E-state index in [1.165, 1.54) is 26.4 Å². The minimum atomic E-state index is -1.08. The molecule has 1 aliphatic carbocycles. The van der Waals surface area contributed by atoms with Crippen molar-refractivity contribution in [1.29, 1.82) is 0 Å². The first-order valence-electron chi connectivity index (χ1n) is 9.37. The Morgan fingerprint density at radius 3 is 2.34 bits per heavy atom. The van der Waals surface area contributed by atoms with Crippen LogP contribution >= 0.6 is 0 Å². The first kappa shape index (κ1) is 20.6. The lowest BCUT2D eigenvalue weighted by Gasteiger charge is -2.30. The number of halogens is 1. The molecule has 0 saturated heterocycles. The van der Waals surface area contributed by atoms with Crippen molar-refractivity contribution in [3.05, 3.63) is 65.5 Å². The van der Waals surface area contributed by atoms with Gasteiger partial charge in [-0.25, -0.2) is 4.39 Å². The van der Waals surface area contributed by atoms with Gasteiger partial charge in [0.15, 0.2) is 5.78 Å². The van der Waals surface area contributed by atoms with Crippen LogP contribution in [0.15, 0.2) is 48.5 Å². The number of rotatable bonds is 6. The number of benzene rings is 2. The Kier molecular flexibility index (Phi) is 6.32. The molecule has 152 valence electrons. The van der Waals surface area contributed by atoms with Crippen LogP contribution in [0.4, 0.5) is 4.39 Å². The summed E-state index contributed by atoms with van der Waals surface area (Å²) < 4.78 is 30.3. The highest BCUT2D eigenvalue weighted by molar-refractivity contribution is 6.10. The van der Waals surface area contributed by atoms with E-state index in [0.717, 1.165) is 5.56 Å². The number of hydrogen-bond donors (Lipinski definition) is 0. The second-order valence-electron chi connectivity index (χ2n) is 6.74. The van der Waals surface area contributed by atoms with E-state index in [1.807, 2.05) is 0 Å². The maximum Gasteiger partial charge on any atom is 0.317 e. The Balaban J connectivity index is 2.08. The molecule has 0 bridgehead atoms. The van der Waals surface area contributed by atoms with Crippen molar-refractivity contribution < 1.29 is 28.2 Å². The third kappa shape index (κ3) is 4.31. The van der Waals surface area contributed by atoms with Gasteiger partial charge < -0.3 is 14.2 Å². The predicted molar refractivity (Wildman–Crippen MR) is 106 cm³/mol. The van der Waals surface area contributed by atoms with E-state index in [2.05, 4.69) is 0 Å². The van der Waals surface area contributed by atoms with Gasteiger partial charge in [-0.05, 0) is 54.3 Å². The molecule has 2 aromatic carbocycles. The zero-order valence-electron chi connectivity index (χ0n) is 16.6. The molecule has 3 rings (SSSR count). The van der Waals surface area contributed by atoms with Gasteiger partial charge in [-0.15, -0.1) is 0 Å². The van der Waals surface area contributed by atoms with Crippen molar-refractivity contribution in [3.63, 3.8) is 0 Å². The number of ether oxygens (including phenoxy) is 3. The molecule has 0 N–H and O–H groups in total. The molecule has 0 aromatic heterocycles. The van der Waals surface area contributed by atoms with Crippen LogP contribution in [-0.4, -0.2) is 32.6 Å². The van der Waals surface area contributed by atoms with Gasteiger partial charge in [0.1, 0.15) is 23.2 Å². The molecule has 29 heavy (non-hydrogen) atoms. The zero-order valence-corrected chi connectivity index (χ0v) is 16.6. The third-order valence-corrected chi connectivity index (χ3v) is 5.03. The van der Waals surface area contributed by atoms with Gasteiger partial charge in [0.2, 0.25) is 0 Å². The molecule has 0 fully saturated rings. The second kappa shape index (κ2) is 8.90. The normalized spacial score (nSPS) is 18.8. The largest absolute Gasteiger partial charge is 0.497 e. The van der Waals surface area contributed by atoms with Crippen molar-refractivity contribution in [3.8, 4) is 11.5 Å². The van der Waals surface area contributed by atoms with Gasteiger partial charge >= 0.3 is 5.97 Å². The molecule has 2 aromatic rings. The van der Waals surface area contributed by atoms with E-state index in [9.17, 15) is 14.0 Å². The van der Waals surface area contributed by atoms with E-state index in [4.69, 9.17) is 14.2 Å². The molecule has 0 radical (unpaired) electrons. The first-order valence-corrected chi connectivity index (χ1v) is 9.37. The van der Waals surface area contributed by atoms with Gasteiger partial charge in [0.25, 0.3) is 0 Å². The minimum Gasteiger partial charge on any atom is -0.497 e. The van der Waals surface area contributed by atoms with Crippen molar-refractivity contribution in [2.75, 3.05) is 20.8 Å². The van der Waals surface area contributed by atoms with E-state index in [-0.39, 0.29) is 6.61 Å². The monoisotopic (exact) mass is 398 g/mol. The van der Waals surface area contributed by atoms with Crippen molar-refractivity contribution in [2.45, 2.75) is 19.3 Å². The summed E-state index contributed by atoms with van der Waals surface area (Å²) in [5, 5.41) is 0. The first-order chi connectivity index (χ1) is 14.0. The Morgan fingerprint density at radius 2 is 1.76 bits per heavy atom. The van der Waals surface area contributed by atoms with Crippen LogP contribution in [0.25, 0.3) is 5.57 Å². The van der Waals surface area contributed by atoms with Gasteiger partial charge in [0.05, 0.1) is 20.8 Å². The highest BCUT2D eigenvalue weighted by Crippen LogP contribution is 2.42. The summed E-state index contributed by atoms with van der Waals surface area (Å²) in [4.78, 5) is 25.4. The Morgan fingerprint density at radius 1 is 1.10 bits per heavy atom. The van der Waals surface area contributed by atoms with Gasteiger partial charge in [-0.1, -0.05) is 18.2 Å². The number of ketones is 1. The van der Waals surface area contributed by atoms with Gasteiger partial charge in [-0.3, -0.25) is 9.59 Å². The predicted octanol–water partition coefficient (Wildman–Crippen LogP) is 4.16. The fourth-order valence-electron chi connectivity index (χ4n) is 3.65. The minimum absolute atomic E-state index is 0.149. The average molecular weight is 398 g/mol. The van der Waals surface area contributed by atoms with Crippen molar-refractivity contribution >= 4 is 17.3 Å². The van der Waals surface area contributed by atoms with Gasteiger partial charge in [0, 0.05) is 12.0 Å². The standard InChI is InChI=1S/C23H23FO5/c1-4-29-23(26)22-19(18-7-5-6-8-20(18)24)11-15(12-21(22)25)14-9-16(27-2)13-17(10-14)28-3/h5-10,12-13,19,22H,4,11H2,1-3H3/t19-,22-/m1/s1. The molecule has 6 heteroatoms. The molecule has 0 spiro atoms. The molecule has 0 amide bonds. The summed E-state index contributed by atoms with van der Waals surface area (Å²) in [5.41, 5.74) is 1.72. The number of hydrogen-bond acceptors (Lipinski definition) is 5. The number of carbonyl (C=O) groups is 2. The lowest BCUT2D eigenvalue weighted by atomic mass is 9.73. The van der Waals surface area contributed by atoms with E-state index in [1.54, 1.807) is 43.3 Å². The Hall–Kier alpha value is -3.15. The molecule has 5 nitrogen and oxygen atoms in total. The van der Waals surface area contributed by atoms with Crippen LogP contribution in [0.2, 0.25) is 0 Å². The fourth-order valence-corrected chi connectivity index (χ4v) is 3.65. The molecule has 0 saturated carbocycles. The van der Waals surface area contributed by atoms with E-state index < -0.39 is 29.4 Å². The zero-order chi connectivity index (χ0) is 21.0. The lowest BCUT2D eigenvalue weighted by molar-refractivity contribution is -0.151. The Labute approximate surface area is 169 Å². The van der Waals surface area contributed by atoms with Crippen LogP contribution in [-0.2, 0) is 14.3 Å². The summed E-state index contributed by atoms with van der Waals surface area (Å²) in [6, 6.07) is 11.5. The summed E-state index contributed by atoms with van der Waals surface area (Å²) in [6.45, 7) is 1.82. The molecule has 2 atom stereocenters. The summed E-state index contributed by atoms with van der Waals surface area (Å²) >= 11 is 0. The lowest BCUT2D eigenvalue weighted by Crippen LogP contribution is -2.34. The van der Waals surface area contributed by atoms with Crippen LogP contribution in [0.1, 0.15) is 30.4 Å². The van der Waals surface area contributed by atoms with Crippen LogP contribution < -0.4 is 9.47 Å². The topological polar surface area (TPSA) is 61.8 Å². The van der Waals surface area contributed by atoms with Crippen molar-refractivity contribution in [1.82, 2.24) is 0 Å². The number of esters is 1. The van der Waals surface area contributed by atoms with Crippen LogP contribution in [0, 0.1) is 11.7 Å². The second-order valence-corrected chi connectivity index (χ2v) is 6.74. The van der Waals surface area contributed by atoms with Crippen molar-refractivity contribution in [2.24, 2.45) is 5.92 Å². The summed E-state index contributed by atoms with van der Waals surface area (Å²) in [6.07, 6.45) is 1.74. The maximum atomic E-state index is 14.6. The fraction of sp³-hybridized carbons (Fsp3) is 0.304. The molecular formula is C23H23FO5. The molecular weight excluding hydrogens is 375 g/mol. The van der Waals surface area contributed by atoms with E-state index in [0.29, 0.717) is 29.1 Å². The summed E-state index contributed by atoms with van der Waals surface area (Å²) in [5.74, 6) is -2.10. The average Bonchev–Trinajstić information content (AvgIpc) is 2.73.